The van der Waals surface area contributed by atoms with Gasteiger partial charge in [-0.3, -0.25) is 14.6 Å². The summed E-state index contributed by atoms with van der Waals surface area (Å²) < 4.78 is 33.4. The summed E-state index contributed by atoms with van der Waals surface area (Å²) in [5.74, 6) is 0.0105. The summed E-state index contributed by atoms with van der Waals surface area (Å²) >= 11 is 0. The molecule has 10 heteroatoms. The summed E-state index contributed by atoms with van der Waals surface area (Å²) in [5.41, 5.74) is 1.36. The third-order valence-electron chi connectivity index (χ3n) is 9.23. The highest BCUT2D eigenvalue weighted by molar-refractivity contribution is 6.16. The second kappa shape index (κ2) is 14.2. The predicted octanol–water partition coefficient (Wildman–Crippen LogP) is 7.87. The van der Waals surface area contributed by atoms with E-state index in [2.05, 4.69) is 34.4 Å². The number of nitrogens with zero attached hydrogens (tertiary/aromatic N) is 2. The molecule has 4 aromatic rings. The molecule has 3 aromatic carbocycles. The van der Waals surface area contributed by atoms with Gasteiger partial charge in [-0.15, -0.1) is 0 Å². The molecule has 9 nitrogen and oxygen atoms in total. The Morgan fingerprint density at radius 3 is 2.17 bits per heavy atom. The van der Waals surface area contributed by atoms with E-state index in [0.29, 0.717) is 52.7 Å². The first-order valence-corrected chi connectivity index (χ1v) is 16.8. The fraction of sp³-hybridized carbons (Fsp3) is 0.395. The van der Waals surface area contributed by atoms with E-state index in [9.17, 15) is 9.59 Å². The Hall–Kier alpha value is -4.70. The molecule has 1 heterocycles. The number of halogens is 1. The van der Waals surface area contributed by atoms with Gasteiger partial charge in [-0.1, -0.05) is 31.5 Å². The minimum atomic E-state index is -1.18. The lowest BCUT2D eigenvalue weighted by atomic mass is 9.87. The number of carbonyl (C=O) groups is 2. The zero-order valence-electron chi connectivity index (χ0n) is 28.0. The molecule has 48 heavy (non-hydrogen) atoms. The van der Waals surface area contributed by atoms with Gasteiger partial charge in [-0.05, 0) is 82.1 Å². The lowest BCUT2D eigenvalue weighted by Crippen LogP contribution is -2.49. The van der Waals surface area contributed by atoms with Crippen molar-refractivity contribution in [2.24, 2.45) is 5.41 Å². The van der Waals surface area contributed by atoms with Gasteiger partial charge in [0.2, 0.25) is 11.8 Å². The van der Waals surface area contributed by atoms with E-state index >= 15 is 4.39 Å². The molecule has 2 amide bonds. The molecular formula is C38H43FN4O5. The summed E-state index contributed by atoms with van der Waals surface area (Å²) in [6.45, 7) is 8.58. The predicted molar refractivity (Wildman–Crippen MR) is 184 cm³/mol. The van der Waals surface area contributed by atoms with Crippen LogP contribution in [0.3, 0.4) is 0 Å². The zero-order chi connectivity index (χ0) is 33.8. The fourth-order valence-corrected chi connectivity index (χ4v) is 6.23. The molecule has 252 valence electrons. The van der Waals surface area contributed by atoms with Crippen LogP contribution >= 0.6 is 0 Å². The average Bonchev–Trinajstić information content (AvgIpc) is 3.87. The van der Waals surface area contributed by atoms with Crippen molar-refractivity contribution in [2.45, 2.75) is 71.4 Å². The lowest BCUT2D eigenvalue weighted by Gasteiger charge is -2.42. The third kappa shape index (κ3) is 7.08. The minimum Gasteiger partial charge on any atom is -0.493 e. The molecule has 2 saturated carbocycles. The SMILES string of the molecule is CCCN(CCC)C1CC(Oc2cc3nccc(Oc4ccc(NC(=O)C5(C(=O)Nc6ccc(C)cc6)CC5)cc4F)c3cc2OC)C1. The van der Waals surface area contributed by atoms with E-state index in [1.807, 2.05) is 25.1 Å². The van der Waals surface area contributed by atoms with E-state index in [4.69, 9.17) is 14.2 Å². The van der Waals surface area contributed by atoms with Crippen LogP contribution in [0.4, 0.5) is 15.8 Å². The number of methoxy groups -OCH3 is 1. The molecular weight excluding hydrogens is 611 g/mol. The topological polar surface area (TPSA) is 102 Å². The number of pyridine rings is 1. The van der Waals surface area contributed by atoms with Crippen LogP contribution in [-0.2, 0) is 9.59 Å². The number of rotatable bonds is 14. The Labute approximate surface area is 280 Å². The molecule has 0 saturated heterocycles. The number of carbonyl (C=O) groups excluding carboxylic acids is 2. The molecule has 0 aliphatic heterocycles. The maximum atomic E-state index is 15.3. The Bertz CT molecular complexity index is 1780. The molecule has 6 rings (SSSR count). The van der Waals surface area contributed by atoms with Gasteiger partial charge >= 0.3 is 0 Å². The van der Waals surface area contributed by atoms with Crippen molar-refractivity contribution in [3.05, 3.63) is 78.2 Å². The quantitative estimate of drug-likeness (QED) is 0.133. The fourth-order valence-electron chi connectivity index (χ4n) is 6.23. The van der Waals surface area contributed by atoms with Gasteiger partial charge in [0.25, 0.3) is 0 Å². The number of ether oxygens (including phenoxy) is 3. The van der Waals surface area contributed by atoms with Crippen molar-refractivity contribution in [3.63, 3.8) is 0 Å². The Balaban J connectivity index is 1.11. The normalized spacial score (nSPS) is 17.8. The standard InChI is InChI=1S/C38H43FN4O5/c1-5-17-43(18-6-2)27-20-28(21-27)47-35-23-31-29(22-34(35)46-4)32(13-16-40-31)48-33-12-11-26(19-30(33)39)42-37(45)38(14-15-38)36(44)41-25-9-7-24(3)8-10-25/h7-13,16,19,22-23,27-28H,5-6,14-15,17-18,20-21H2,1-4H3,(H,41,44)(H,42,45). The maximum Gasteiger partial charge on any atom is 0.240 e. The second-order valence-corrected chi connectivity index (χ2v) is 12.8. The third-order valence-corrected chi connectivity index (χ3v) is 9.23. The molecule has 2 fully saturated rings. The van der Waals surface area contributed by atoms with Crippen molar-refractivity contribution < 1.29 is 28.2 Å². The van der Waals surface area contributed by atoms with Crippen LogP contribution in [0.15, 0.2) is 66.9 Å². The molecule has 2 aliphatic carbocycles. The molecule has 2 aliphatic rings. The number of nitrogens with one attached hydrogen (secondary N) is 2. The smallest absolute Gasteiger partial charge is 0.240 e. The van der Waals surface area contributed by atoms with Gasteiger partial charge in [0.15, 0.2) is 23.1 Å². The number of amides is 2. The number of aryl methyl sites for hydroxylation is 1. The first kappa shape index (κ1) is 33.2. The summed E-state index contributed by atoms with van der Waals surface area (Å²) in [4.78, 5) is 33.2. The van der Waals surface area contributed by atoms with E-state index in [1.165, 1.54) is 12.1 Å². The number of benzene rings is 3. The van der Waals surface area contributed by atoms with Gasteiger partial charge in [0, 0.05) is 54.0 Å². The molecule has 2 N–H and O–H groups in total. The summed E-state index contributed by atoms with van der Waals surface area (Å²) in [6.07, 6.45) is 6.75. The maximum absolute atomic E-state index is 15.3. The van der Waals surface area contributed by atoms with Gasteiger partial charge in [0.1, 0.15) is 17.3 Å². The van der Waals surface area contributed by atoms with Crippen molar-refractivity contribution in [3.8, 4) is 23.0 Å². The van der Waals surface area contributed by atoms with Crippen molar-refractivity contribution >= 4 is 34.1 Å². The molecule has 0 unspecified atom stereocenters. The summed E-state index contributed by atoms with van der Waals surface area (Å²) in [6, 6.07) is 17.4. The van der Waals surface area contributed by atoms with Crippen LogP contribution in [0, 0.1) is 18.2 Å². The van der Waals surface area contributed by atoms with Gasteiger partial charge in [-0.2, -0.15) is 0 Å². The van der Waals surface area contributed by atoms with E-state index in [1.54, 1.807) is 43.6 Å². The summed E-state index contributed by atoms with van der Waals surface area (Å²) in [7, 11) is 1.59. The van der Waals surface area contributed by atoms with Gasteiger partial charge < -0.3 is 29.7 Å². The van der Waals surface area contributed by atoms with Gasteiger partial charge in [-0.25, -0.2) is 4.39 Å². The van der Waals surface area contributed by atoms with Crippen LogP contribution < -0.4 is 24.8 Å². The number of hydrogen-bond donors (Lipinski definition) is 2. The van der Waals surface area contributed by atoms with E-state index in [-0.39, 0.29) is 23.4 Å². The largest absolute Gasteiger partial charge is 0.493 e. The number of anilines is 2. The lowest BCUT2D eigenvalue weighted by molar-refractivity contribution is -0.131. The van der Waals surface area contributed by atoms with Crippen molar-refractivity contribution in [1.82, 2.24) is 9.88 Å². The van der Waals surface area contributed by atoms with Crippen LogP contribution in [0.2, 0.25) is 0 Å². The van der Waals surface area contributed by atoms with Crippen LogP contribution in [-0.4, -0.2) is 54.0 Å². The monoisotopic (exact) mass is 654 g/mol. The number of aromatic nitrogens is 1. The molecule has 0 spiro atoms. The van der Waals surface area contributed by atoms with Crippen molar-refractivity contribution in [2.75, 3.05) is 30.8 Å². The zero-order valence-corrected chi connectivity index (χ0v) is 28.0. The number of hydrogen-bond acceptors (Lipinski definition) is 7. The average molecular weight is 655 g/mol. The highest BCUT2D eigenvalue weighted by Gasteiger charge is 2.56. The highest BCUT2D eigenvalue weighted by Crippen LogP contribution is 2.48. The van der Waals surface area contributed by atoms with Crippen molar-refractivity contribution in [1.29, 1.82) is 0 Å². The van der Waals surface area contributed by atoms with E-state index < -0.39 is 17.1 Å². The first-order valence-electron chi connectivity index (χ1n) is 16.8. The Morgan fingerprint density at radius 2 is 1.54 bits per heavy atom. The van der Waals surface area contributed by atoms with Crippen LogP contribution in [0.1, 0.15) is 57.9 Å². The molecule has 0 radical (unpaired) electrons. The molecule has 1 aromatic heterocycles. The molecule has 0 bridgehead atoms. The number of fused-ring (bicyclic) bond motifs is 1. The second-order valence-electron chi connectivity index (χ2n) is 12.8. The molecule has 0 atom stereocenters. The van der Waals surface area contributed by atoms with Gasteiger partial charge in [0.05, 0.1) is 12.6 Å². The van der Waals surface area contributed by atoms with Crippen LogP contribution in [0.5, 0.6) is 23.0 Å². The first-order chi connectivity index (χ1) is 23.2. The Morgan fingerprint density at radius 1 is 0.875 bits per heavy atom. The Kier molecular flexibility index (Phi) is 9.82. The minimum absolute atomic E-state index is 0.0257. The summed E-state index contributed by atoms with van der Waals surface area (Å²) in [5, 5.41) is 6.17. The highest BCUT2D eigenvalue weighted by atomic mass is 19.1. The van der Waals surface area contributed by atoms with Crippen LogP contribution in [0.25, 0.3) is 10.9 Å². The van der Waals surface area contributed by atoms with E-state index in [0.717, 1.165) is 44.3 Å².